The first-order valence-corrected chi connectivity index (χ1v) is 7.17. The van der Waals surface area contributed by atoms with Gasteiger partial charge in [-0.1, -0.05) is 19.1 Å². The number of carbonyl (C=O) groups is 1. The van der Waals surface area contributed by atoms with Crippen LogP contribution in [0.5, 0.6) is 0 Å². The molecule has 1 aromatic rings. The molecular formula is C14H24N4O2. The Balaban J connectivity index is 2.05. The van der Waals surface area contributed by atoms with Crippen LogP contribution >= 0.6 is 0 Å². The molecule has 1 N–H and O–H groups in total. The molecule has 5 unspecified atom stereocenters. The standard InChI is InChI=1S/C14H24N4O2/c1-8-6-18(17-16-8)7-13-9(2)10(3)14(11(4)20-13)15-12(5)19/h6,9-11,13-14H,7H2,1-5H3,(H,15,19). The van der Waals surface area contributed by atoms with Gasteiger partial charge in [0.2, 0.25) is 5.91 Å². The summed E-state index contributed by atoms with van der Waals surface area (Å²) >= 11 is 0. The van der Waals surface area contributed by atoms with E-state index in [2.05, 4.69) is 29.5 Å². The molecular weight excluding hydrogens is 256 g/mol. The van der Waals surface area contributed by atoms with E-state index in [4.69, 9.17) is 4.74 Å². The summed E-state index contributed by atoms with van der Waals surface area (Å²) in [5, 5.41) is 11.1. The van der Waals surface area contributed by atoms with Crippen LogP contribution in [0, 0.1) is 18.8 Å². The fourth-order valence-electron chi connectivity index (χ4n) is 2.94. The third kappa shape index (κ3) is 3.17. The molecule has 1 aliphatic rings. The van der Waals surface area contributed by atoms with E-state index in [-0.39, 0.29) is 24.2 Å². The highest BCUT2D eigenvalue weighted by Gasteiger charge is 2.39. The van der Waals surface area contributed by atoms with Crippen molar-refractivity contribution >= 4 is 5.91 Å². The Morgan fingerprint density at radius 1 is 1.40 bits per heavy atom. The molecule has 112 valence electrons. The van der Waals surface area contributed by atoms with Crippen molar-refractivity contribution in [3.63, 3.8) is 0 Å². The highest BCUT2D eigenvalue weighted by molar-refractivity contribution is 5.73. The number of hydrogen-bond donors (Lipinski definition) is 1. The monoisotopic (exact) mass is 280 g/mol. The van der Waals surface area contributed by atoms with Gasteiger partial charge in [-0.05, 0) is 25.7 Å². The molecule has 1 saturated heterocycles. The summed E-state index contributed by atoms with van der Waals surface area (Å²) in [7, 11) is 0. The van der Waals surface area contributed by atoms with Crippen LogP contribution in [0.2, 0.25) is 0 Å². The lowest BCUT2D eigenvalue weighted by atomic mass is 9.80. The Morgan fingerprint density at radius 2 is 2.10 bits per heavy atom. The van der Waals surface area contributed by atoms with Gasteiger partial charge in [-0.25, -0.2) is 4.68 Å². The van der Waals surface area contributed by atoms with Crippen LogP contribution in [-0.4, -0.2) is 39.2 Å². The fourth-order valence-corrected chi connectivity index (χ4v) is 2.94. The van der Waals surface area contributed by atoms with E-state index in [0.717, 1.165) is 5.69 Å². The van der Waals surface area contributed by atoms with Gasteiger partial charge < -0.3 is 10.1 Å². The number of nitrogens with one attached hydrogen (secondary N) is 1. The zero-order valence-electron chi connectivity index (χ0n) is 12.8. The Hall–Kier alpha value is -1.43. The molecule has 0 radical (unpaired) electrons. The number of ether oxygens (including phenoxy) is 1. The van der Waals surface area contributed by atoms with Gasteiger partial charge in [0.25, 0.3) is 0 Å². The molecule has 0 spiro atoms. The minimum absolute atomic E-state index is 0.000261. The fraction of sp³-hybridized carbons (Fsp3) is 0.786. The molecule has 5 atom stereocenters. The lowest BCUT2D eigenvalue weighted by molar-refractivity contribution is -0.135. The highest BCUT2D eigenvalue weighted by Crippen LogP contribution is 2.31. The Morgan fingerprint density at radius 3 is 2.65 bits per heavy atom. The molecule has 6 nitrogen and oxygen atoms in total. The Kier molecular flexibility index (Phi) is 4.42. The molecule has 0 aromatic carbocycles. The van der Waals surface area contributed by atoms with Crippen molar-refractivity contribution in [1.82, 2.24) is 20.3 Å². The molecule has 1 aromatic heterocycles. The highest BCUT2D eigenvalue weighted by atomic mass is 16.5. The maximum atomic E-state index is 11.3. The number of carbonyl (C=O) groups excluding carboxylic acids is 1. The first-order valence-electron chi connectivity index (χ1n) is 7.17. The van der Waals surface area contributed by atoms with Gasteiger partial charge >= 0.3 is 0 Å². The second-order valence-electron chi connectivity index (χ2n) is 5.91. The summed E-state index contributed by atoms with van der Waals surface area (Å²) in [5.74, 6) is 0.694. The summed E-state index contributed by atoms with van der Waals surface area (Å²) in [4.78, 5) is 11.3. The van der Waals surface area contributed by atoms with Crippen molar-refractivity contribution in [2.45, 2.75) is 59.4 Å². The molecule has 0 saturated carbocycles. The van der Waals surface area contributed by atoms with Gasteiger partial charge in [-0.3, -0.25) is 4.79 Å². The molecule has 0 bridgehead atoms. The molecule has 0 aliphatic carbocycles. The maximum Gasteiger partial charge on any atom is 0.217 e. The smallest absolute Gasteiger partial charge is 0.217 e. The second kappa shape index (κ2) is 5.91. The zero-order chi connectivity index (χ0) is 14.9. The maximum absolute atomic E-state index is 11.3. The van der Waals surface area contributed by atoms with E-state index in [0.29, 0.717) is 18.4 Å². The van der Waals surface area contributed by atoms with Gasteiger partial charge in [-0.2, -0.15) is 0 Å². The lowest BCUT2D eigenvalue weighted by Gasteiger charge is -2.44. The van der Waals surface area contributed by atoms with Crippen LogP contribution in [0.25, 0.3) is 0 Å². The zero-order valence-corrected chi connectivity index (χ0v) is 12.8. The van der Waals surface area contributed by atoms with E-state index < -0.39 is 0 Å². The normalized spacial score (nSPS) is 34.0. The first kappa shape index (κ1) is 15.0. The average molecular weight is 280 g/mol. The van der Waals surface area contributed by atoms with Gasteiger partial charge in [-0.15, -0.1) is 5.10 Å². The van der Waals surface area contributed by atoms with E-state index in [1.807, 2.05) is 24.7 Å². The summed E-state index contributed by atoms with van der Waals surface area (Å²) in [5.41, 5.74) is 0.908. The number of rotatable bonds is 3. The van der Waals surface area contributed by atoms with Gasteiger partial charge in [0.1, 0.15) is 0 Å². The van der Waals surface area contributed by atoms with E-state index in [1.54, 1.807) is 6.92 Å². The van der Waals surface area contributed by atoms with Crippen molar-refractivity contribution in [3.05, 3.63) is 11.9 Å². The molecule has 1 amide bonds. The molecule has 1 aliphatic heterocycles. The van der Waals surface area contributed by atoms with Crippen LogP contribution in [0.1, 0.15) is 33.4 Å². The SMILES string of the molecule is CC(=O)NC1C(C)OC(Cn2cc(C)nn2)C(C)C1C. The quantitative estimate of drug-likeness (QED) is 0.902. The van der Waals surface area contributed by atoms with Gasteiger partial charge in [0.05, 0.1) is 30.5 Å². The molecule has 2 heterocycles. The lowest BCUT2D eigenvalue weighted by Crippen LogP contribution is -2.56. The predicted molar refractivity (Wildman–Crippen MR) is 75.0 cm³/mol. The van der Waals surface area contributed by atoms with Crippen LogP contribution in [0.3, 0.4) is 0 Å². The number of amides is 1. The summed E-state index contributed by atoms with van der Waals surface area (Å²) in [6, 6.07) is 0.0660. The summed E-state index contributed by atoms with van der Waals surface area (Å²) < 4.78 is 7.92. The van der Waals surface area contributed by atoms with Crippen molar-refractivity contribution in [2.24, 2.45) is 11.8 Å². The van der Waals surface area contributed by atoms with Crippen molar-refractivity contribution in [2.75, 3.05) is 0 Å². The van der Waals surface area contributed by atoms with Gasteiger partial charge in [0.15, 0.2) is 0 Å². The number of hydrogen-bond acceptors (Lipinski definition) is 4. The molecule has 20 heavy (non-hydrogen) atoms. The minimum atomic E-state index is -0.00477. The largest absolute Gasteiger partial charge is 0.371 e. The minimum Gasteiger partial charge on any atom is -0.371 e. The number of aromatic nitrogens is 3. The van der Waals surface area contributed by atoms with Crippen molar-refractivity contribution in [3.8, 4) is 0 Å². The average Bonchev–Trinajstić information content (AvgIpc) is 2.77. The van der Waals surface area contributed by atoms with Gasteiger partial charge in [0, 0.05) is 13.1 Å². The number of aryl methyl sites for hydroxylation is 1. The van der Waals surface area contributed by atoms with Crippen LogP contribution < -0.4 is 5.32 Å². The van der Waals surface area contributed by atoms with Crippen molar-refractivity contribution < 1.29 is 9.53 Å². The first-order chi connectivity index (χ1) is 9.38. The van der Waals surface area contributed by atoms with Crippen LogP contribution in [-0.2, 0) is 16.1 Å². The van der Waals surface area contributed by atoms with E-state index in [1.165, 1.54) is 0 Å². The molecule has 1 fully saturated rings. The summed E-state index contributed by atoms with van der Waals surface area (Å²) in [6.07, 6.45) is 2.01. The third-order valence-electron chi connectivity index (χ3n) is 4.27. The molecule has 6 heteroatoms. The van der Waals surface area contributed by atoms with E-state index >= 15 is 0 Å². The van der Waals surface area contributed by atoms with Crippen molar-refractivity contribution in [1.29, 1.82) is 0 Å². The predicted octanol–water partition coefficient (Wildman–Crippen LogP) is 1.15. The summed E-state index contributed by atoms with van der Waals surface area (Å²) in [6.45, 7) is 10.5. The topological polar surface area (TPSA) is 69.0 Å². The van der Waals surface area contributed by atoms with E-state index in [9.17, 15) is 4.79 Å². The molecule has 2 rings (SSSR count). The Labute approximate surface area is 119 Å². The number of nitrogens with zero attached hydrogens (tertiary/aromatic N) is 3. The van der Waals surface area contributed by atoms with Crippen LogP contribution in [0.4, 0.5) is 0 Å². The third-order valence-corrected chi connectivity index (χ3v) is 4.27. The Bertz CT molecular complexity index is 473. The second-order valence-corrected chi connectivity index (χ2v) is 5.91. The van der Waals surface area contributed by atoms with Crippen LogP contribution in [0.15, 0.2) is 6.20 Å².